The van der Waals surface area contributed by atoms with Crippen LogP contribution >= 0.6 is 0 Å². The first-order chi connectivity index (χ1) is 9.04. The molecule has 2 N–H and O–H groups in total. The average molecular weight is 259 g/mol. The molecule has 0 amide bonds. The van der Waals surface area contributed by atoms with Crippen LogP contribution in [-0.4, -0.2) is 24.5 Å². The standard InChI is InChI=1S/C16H25N3/c1-4-19(13-16(2,3)12-18)15(10-11-17)14-8-6-5-7-9-14/h5-9,15H,4,10,12-13,18H2,1-3H3. The predicted octanol–water partition coefficient (Wildman–Crippen LogP) is 2.95. The topological polar surface area (TPSA) is 53.0 Å². The van der Waals surface area contributed by atoms with Crippen molar-refractivity contribution in [2.45, 2.75) is 33.2 Å². The number of nitrogens with two attached hydrogens (primary N) is 1. The first-order valence-corrected chi connectivity index (χ1v) is 6.90. The summed E-state index contributed by atoms with van der Waals surface area (Å²) in [6.07, 6.45) is 0.512. The number of nitriles is 1. The van der Waals surface area contributed by atoms with E-state index >= 15 is 0 Å². The third-order valence-electron chi connectivity index (χ3n) is 3.50. The van der Waals surface area contributed by atoms with E-state index in [9.17, 15) is 0 Å². The second kappa shape index (κ2) is 7.28. The Labute approximate surface area is 117 Å². The zero-order valence-electron chi connectivity index (χ0n) is 12.3. The first-order valence-electron chi connectivity index (χ1n) is 6.90. The summed E-state index contributed by atoms with van der Waals surface area (Å²) in [5.74, 6) is 0. The van der Waals surface area contributed by atoms with Gasteiger partial charge in [0.15, 0.2) is 0 Å². The molecule has 0 aliphatic carbocycles. The van der Waals surface area contributed by atoms with E-state index in [0.717, 1.165) is 13.1 Å². The molecule has 1 unspecified atom stereocenters. The maximum absolute atomic E-state index is 9.10. The number of hydrogen-bond acceptors (Lipinski definition) is 3. The molecule has 0 fully saturated rings. The van der Waals surface area contributed by atoms with Crippen molar-refractivity contribution >= 4 is 0 Å². The smallest absolute Gasteiger partial charge is 0.0641 e. The SMILES string of the molecule is CCN(CC(C)(C)CN)C(CC#N)c1ccccc1. The normalized spacial score (nSPS) is 13.3. The predicted molar refractivity (Wildman–Crippen MR) is 79.5 cm³/mol. The Morgan fingerprint density at radius 2 is 1.95 bits per heavy atom. The van der Waals surface area contributed by atoms with Gasteiger partial charge in [-0.2, -0.15) is 5.26 Å². The molecule has 0 radical (unpaired) electrons. The van der Waals surface area contributed by atoms with E-state index < -0.39 is 0 Å². The summed E-state index contributed by atoms with van der Waals surface area (Å²) in [5, 5.41) is 9.10. The van der Waals surface area contributed by atoms with E-state index in [4.69, 9.17) is 11.0 Å². The largest absolute Gasteiger partial charge is 0.330 e. The fraction of sp³-hybridized carbons (Fsp3) is 0.562. The fourth-order valence-electron chi connectivity index (χ4n) is 2.28. The second-order valence-electron chi connectivity index (χ2n) is 5.72. The van der Waals surface area contributed by atoms with E-state index in [1.165, 1.54) is 5.56 Å². The summed E-state index contributed by atoms with van der Waals surface area (Å²) in [5.41, 5.74) is 7.11. The summed E-state index contributed by atoms with van der Waals surface area (Å²) < 4.78 is 0. The summed E-state index contributed by atoms with van der Waals surface area (Å²) >= 11 is 0. The van der Waals surface area contributed by atoms with Crippen LogP contribution in [0.15, 0.2) is 30.3 Å². The molecule has 104 valence electrons. The Balaban J connectivity index is 2.93. The Bertz CT molecular complexity index is 406. The molecule has 0 saturated heterocycles. The molecular weight excluding hydrogens is 234 g/mol. The van der Waals surface area contributed by atoms with Gasteiger partial charge in [0.05, 0.1) is 12.5 Å². The maximum atomic E-state index is 9.10. The first kappa shape index (κ1) is 15.7. The van der Waals surface area contributed by atoms with Gasteiger partial charge in [0.1, 0.15) is 0 Å². The van der Waals surface area contributed by atoms with Gasteiger partial charge in [0.2, 0.25) is 0 Å². The summed E-state index contributed by atoms with van der Waals surface area (Å²) in [6.45, 7) is 8.96. The molecule has 3 heteroatoms. The number of hydrogen-bond donors (Lipinski definition) is 1. The third kappa shape index (κ3) is 4.66. The van der Waals surface area contributed by atoms with Gasteiger partial charge in [-0.15, -0.1) is 0 Å². The van der Waals surface area contributed by atoms with Crippen LogP contribution in [0.3, 0.4) is 0 Å². The summed E-state index contributed by atoms with van der Waals surface area (Å²) in [6, 6.07) is 12.7. The maximum Gasteiger partial charge on any atom is 0.0641 e. The highest BCUT2D eigenvalue weighted by molar-refractivity contribution is 5.20. The van der Waals surface area contributed by atoms with Gasteiger partial charge in [-0.1, -0.05) is 51.1 Å². The molecule has 1 atom stereocenters. The van der Waals surface area contributed by atoms with Crippen molar-refractivity contribution in [3.8, 4) is 6.07 Å². The van der Waals surface area contributed by atoms with Crippen LogP contribution in [0.1, 0.15) is 38.8 Å². The number of rotatable bonds is 7. The van der Waals surface area contributed by atoms with E-state index in [2.05, 4.69) is 43.9 Å². The summed E-state index contributed by atoms with van der Waals surface area (Å²) in [4.78, 5) is 2.35. The van der Waals surface area contributed by atoms with Crippen LogP contribution in [0.4, 0.5) is 0 Å². The van der Waals surface area contributed by atoms with Crippen LogP contribution < -0.4 is 5.73 Å². The zero-order valence-corrected chi connectivity index (χ0v) is 12.3. The van der Waals surface area contributed by atoms with Gasteiger partial charge in [-0.3, -0.25) is 4.90 Å². The van der Waals surface area contributed by atoms with Crippen LogP contribution in [-0.2, 0) is 0 Å². The van der Waals surface area contributed by atoms with E-state index in [1.807, 2.05) is 18.2 Å². The van der Waals surface area contributed by atoms with Gasteiger partial charge < -0.3 is 5.73 Å². The molecule has 0 bridgehead atoms. The van der Waals surface area contributed by atoms with E-state index in [-0.39, 0.29) is 11.5 Å². The molecule has 3 nitrogen and oxygen atoms in total. The Kier molecular flexibility index (Phi) is 6.01. The molecule has 1 aromatic carbocycles. The Hall–Kier alpha value is -1.37. The lowest BCUT2D eigenvalue weighted by molar-refractivity contribution is 0.140. The number of benzene rings is 1. The van der Waals surface area contributed by atoms with Crippen LogP contribution in [0, 0.1) is 16.7 Å². The fourth-order valence-corrected chi connectivity index (χ4v) is 2.28. The van der Waals surface area contributed by atoms with Crippen LogP contribution in [0.2, 0.25) is 0 Å². The van der Waals surface area contributed by atoms with E-state index in [1.54, 1.807) is 0 Å². The minimum atomic E-state index is 0.0680. The zero-order chi connectivity index (χ0) is 14.3. The minimum absolute atomic E-state index is 0.0680. The highest BCUT2D eigenvalue weighted by Gasteiger charge is 2.25. The van der Waals surface area contributed by atoms with Crippen molar-refractivity contribution in [2.75, 3.05) is 19.6 Å². The molecule has 0 aromatic heterocycles. The van der Waals surface area contributed by atoms with Crippen LogP contribution in [0.25, 0.3) is 0 Å². The van der Waals surface area contributed by atoms with Gasteiger partial charge >= 0.3 is 0 Å². The Morgan fingerprint density at radius 1 is 1.32 bits per heavy atom. The molecule has 0 aliphatic rings. The molecule has 0 heterocycles. The number of nitrogens with zero attached hydrogens (tertiary/aromatic N) is 2. The lowest BCUT2D eigenvalue weighted by atomic mass is 9.91. The van der Waals surface area contributed by atoms with Gasteiger partial charge in [0, 0.05) is 12.6 Å². The second-order valence-corrected chi connectivity index (χ2v) is 5.72. The van der Waals surface area contributed by atoms with Gasteiger partial charge in [-0.25, -0.2) is 0 Å². The lowest BCUT2D eigenvalue weighted by Gasteiger charge is -2.36. The average Bonchev–Trinajstić information content (AvgIpc) is 2.43. The third-order valence-corrected chi connectivity index (χ3v) is 3.50. The van der Waals surface area contributed by atoms with Crippen molar-refractivity contribution in [2.24, 2.45) is 11.1 Å². The van der Waals surface area contributed by atoms with Crippen molar-refractivity contribution in [1.29, 1.82) is 5.26 Å². The Morgan fingerprint density at radius 3 is 2.42 bits per heavy atom. The molecule has 0 spiro atoms. The highest BCUT2D eigenvalue weighted by atomic mass is 15.2. The quantitative estimate of drug-likeness (QED) is 0.819. The van der Waals surface area contributed by atoms with Crippen molar-refractivity contribution in [3.05, 3.63) is 35.9 Å². The lowest BCUT2D eigenvalue weighted by Crippen LogP contribution is -2.40. The van der Waals surface area contributed by atoms with Crippen molar-refractivity contribution in [1.82, 2.24) is 4.90 Å². The highest BCUT2D eigenvalue weighted by Crippen LogP contribution is 2.27. The summed E-state index contributed by atoms with van der Waals surface area (Å²) in [7, 11) is 0. The molecular formula is C16H25N3. The van der Waals surface area contributed by atoms with Gasteiger partial charge in [0.25, 0.3) is 0 Å². The van der Waals surface area contributed by atoms with Crippen molar-refractivity contribution < 1.29 is 0 Å². The van der Waals surface area contributed by atoms with Gasteiger partial charge in [-0.05, 0) is 24.1 Å². The van der Waals surface area contributed by atoms with Crippen molar-refractivity contribution in [3.63, 3.8) is 0 Å². The molecule has 1 aromatic rings. The molecule has 0 aliphatic heterocycles. The molecule has 1 rings (SSSR count). The minimum Gasteiger partial charge on any atom is -0.330 e. The monoisotopic (exact) mass is 259 g/mol. The van der Waals surface area contributed by atoms with Crippen LogP contribution in [0.5, 0.6) is 0 Å². The molecule has 0 saturated carbocycles. The van der Waals surface area contributed by atoms with E-state index in [0.29, 0.717) is 13.0 Å². The molecule has 19 heavy (non-hydrogen) atoms.